The molecule has 0 aliphatic carbocycles. The Bertz CT molecular complexity index is 1230. The lowest BCUT2D eigenvalue weighted by molar-refractivity contribution is 0.825. The van der Waals surface area contributed by atoms with Crippen LogP contribution in [0.3, 0.4) is 0 Å². The lowest BCUT2D eigenvalue weighted by atomic mass is 10.0. The first-order chi connectivity index (χ1) is 12.4. The molecule has 3 aromatic carbocycles. The molecule has 0 atom stereocenters. The van der Waals surface area contributed by atoms with Crippen LogP contribution in [0.1, 0.15) is 6.92 Å². The van der Waals surface area contributed by atoms with Crippen molar-refractivity contribution in [2.24, 2.45) is 0 Å². The molecular weight excluding hydrogens is 306 g/mol. The van der Waals surface area contributed by atoms with E-state index in [1.165, 1.54) is 21.7 Å². The van der Waals surface area contributed by atoms with Crippen molar-refractivity contribution in [3.05, 3.63) is 73.1 Å². The van der Waals surface area contributed by atoms with Crippen LogP contribution < -0.4 is 0 Å². The molecule has 5 rings (SSSR count). The van der Waals surface area contributed by atoms with E-state index in [-0.39, 0.29) is 0 Å². The zero-order valence-electron chi connectivity index (χ0n) is 14.0. The summed E-state index contributed by atoms with van der Waals surface area (Å²) in [6.45, 7) is 3.06. The largest absolute Gasteiger partial charge is 0.338 e. The number of hydrogen-bond donors (Lipinski definition) is 0. The highest BCUT2D eigenvalue weighted by Crippen LogP contribution is 2.34. The average molecular weight is 323 g/mol. The second kappa shape index (κ2) is 5.42. The Labute approximate surface area is 145 Å². The molecule has 3 nitrogen and oxygen atoms in total. The number of rotatable bonds is 2. The lowest BCUT2D eigenvalue weighted by Gasteiger charge is -2.08. The van der Waals surface area contributed by atoms with Crippen LogP contribution in [0.25, 0.3) is 44.0 Å². The fourth-order valence-corrected chi connectivity index (χ4v) is 3.74. The van der Waals surface area contributed by atoms with Gasteiger partial charge in [-0.25, -0.2) is 9.97 Å². The van der Waals surface area contributed by atoms with Gasteiger partial charge in [-0.15, -0.1) is 0 Å². The van der Waals surface area contributed by atoms with Gasteiger partial charge in [-0.2, -0.15) is 0 Å². The molecule has 2 aromatic heterocycles. The molecule has 25 heavy (non-hydrogen) atoms. The monoisotopic (exact) mass is 323 g/mol. The molecule has 0 radical (unpaired) electrons. The van der Waals surface area contributed by atoms with E-state index < -0.39 is 0 Å². The second-order valence-electron chi connectivity index (χ2n) is 6.24. The minimum Gasteiger partial charge on any atom is -0.338 e. The number of para-hydroxylation sites is 1. The van der Waals surface area contributed by atoms with Crippen molar-refractivity contribution in [3.63, 3.8) is 0 Å². The first-order valence-electron chi connectivity index (χ1n) is 8.58. The normalized spacial score (nSPS) is 11.6. The predicted molar refractivity (Wildman–Crippen MR) is 104 cm³/mol. The molecule has 2 heterocycles. The van der Waals surface area contributed by atoms with Crippen molar-refractivity contribution in [1.29, 1.82) is 0 Å². The Morgan fingerprint density at radius 2 is 1.64 bits per heavy atom. The number of aromatic nitrogens is 3. The SMILES string of the molecule is CCn1c2ccccc2c2ncnc(-c3ccc4ccccc4c3)c21. The number of aryl methyl sites for hydroxylation is 1. The van der Waals surface area contributed by atoms with Gasteiger partial charge in [0.1, 0.15) is 11.8 Å². The van der Waals surface area contributed by atoms with Gasteiger partial charge in [0.05, 0.1) is 16.7 Å². The Morgan fingerprint density at radius 1 is 0.840 bits per heavy atom. The smallest absolute Gasteiger partial charge is 0.116 e. The van der Waals surface area contributed by atoms with Crippen LogP contribution in [0, 0.1) is 0 Å². The van der Waals surface area contributed by atoms with Gasteiger partial charge in [0.15, 0.2) is 0 Å². The third kappa shape index (κ3) is 2.06. The summed E-state index contributed by atoms with van der Waals surface area (Å²) in [5.74, 6) is 0. The van der Waals surface area contributed by atoms with Gasteiger partial charge in [0, 0.05) is 17.5 Å². The topological polar surface area (TPSA) is 30.7 Å². The number of fused-ring (bicyclic) bond motifs is 4. The second-order valence-corrected chi connectivity index (χ2v) is 6.24. The fraction of sp³-hybridized carbons (Fsp3) is 0.0909. The molecule has 0 amide bonds. The molecule has 0 aliphatic heterocycles. The van der Waals surface area contributed by atoms with Gasteiger partial charge in [0.25, 0.3) is 0 Å². The highest BCUT2D eigenvalue weighted by Gasteiger charge is 2.16. The van der Waals surface area contributed by atoms with Gasteiger partial charge in [-0.05, 0) is 29.8 Å². The predicted octanol–water partition coefficient (Wildman–Crippen LogP) is 5.42. The van der Waals surface area contributed by atoms with Crippen LogP contribution in [-0.2, 0) is 6.54 Å². The van der Waals surface area contributed by atoms with E-state index in [0.29, 0.717) is 0 Å². The van der Waals surface area contributed by atoms with Crippen LogP contribution in [-0.4, -0.2) is 14.5 Å². The molecule has 0 bridgehead atoms. The van der Waals surface area contributed by atoms with Crippen LogP contribution in [0.2, 0.25) is 0 Å². The molecule has 0 saturated carbocycles. The molecular formula is C22H17N3. The Balaban J connectivity index is 1.89. The Kier molecular flexibility index (Phi) is 3.07. The third-order valence-electron chi connectivity index (χ3n) is 4.88. The summed E-state index contributed by atoms with van der Waals surface area (Å²) < 4.78 is 2.31. The average Bonchev–Trinajstić information content (AvgIpc) is 3.01. The van der Waals surface area contributed by atoms with E-state index in [4.69, 9.17) is 0 Å². The number of benzene rings is 3. The summed E-state index contributed by atoms with van der Waals surface area (Å²) in [4.78, 5) is 9.25. The molecule has 0 N–H and O–H groups in total. The van der Waals surface area contributed by atoms with Gasteiger partial charge >= 0.3 is 0 Å². The van der Waals surface area contributed by atoms with E-state index in [1.807, 2.05) is 0 Å². The lowest BCUT2D eigenvalue weighted by Crippen LogP contribution is -1.97. The molecule has 0 fully saturated rings. The maximum absolute atomic E-state index is 4.66. The van der Waals surface area contributed by atoms with E-state index in [0.717, 1.165) is 28.8 Å². The first kappa shape index (κ1) is 14.2. The van der Waals surface area contributed by atoms with Gasteiger partial charge in [0.2, 0.25) is 0 Å². The maximum Gasteiger partial charge on any atom is 0.116 e. The summed E-state index contributed by atoms with van der Waals surface area (Å²) in [6, 6.07) is 23.4. The van der Waals surface area contributed by atoms with Crippen molar-refractivity contribution in [2.75, 3.05) is 0 Å². The van der Waals surface area contributed by atoms with Crippen molar-refractivity contribution in [3.8, 4) is 11.3 Å². The Hall–Kier alpha value is -3.20. The van der Waals surface area contributed by atoms with Crippen molar-refractivity contribution >= 4 is 32.7 Å². The van der Waals surface area contributed by atoms with E-state index in [9.17, 15) is 0 Å². The molecule has 3 heteroatoms. The van der Waals surface area contributed by atoms with Gasteiger partial charge in [-0.1, -0.05) is 54.6 Å². The van der Waals surface area contributed by atoms with Crippen molar-refractivity contribution in [2.45, 2.75) is 13.5 Å². The standard InChI is InChI=1S/C22H17N3/c1-2-25-19-10-6-5-9-18(19)21-22(25)20(23-14-24-21)17-12-11-15-7-3-4-8-16(15)13-17/h3-14H,2H2,1H3. The summed E-state index contributed by atoms with van der Waals surface area (Å²) in [5, 5.41) is 3.65. The van der Waals surface area contributed by atoms with Gasteiger partial charge in [-0.3, -0.25) is 0 Å². The fourth-order valence-electron chi connectivity index (χ4n) is 3.74. The summed E-state index contributed by atoms with van der Waals surface area (Å²) in [7, 11) is 0. The summed E-state index contributed by atoms with van der Waals surface area (Å²) in [5.41, 5.74) is 5.47. The summed E-state index contributed by atoms with van der Waals surface area (Å²) >= 11 is 0. The molecule has 0 aliphatic rings. The van der Waals surface area contributed by atoms with Crippen LogP contribution >= 0.6 is 0 Å². The van der Waals surface area contributed by atoms with Crippen LogP contribution in [0.15, 0.2) is 73.1 Å². The van der Waals surface area contributed by atoms with Crippen molar-refractivity contribution < 1.29 is 0 Å². The van der Waals surface area contributed by atoms with E-state index >= 15 is 0 Å². The quantitative estimate of drug-likeness (QED) is 0.434. The Morgan fingerprint density at radius 3 is 2.52 bits per heavy atom. The molecule has 120 valence electrons. The number of hydrogen-bond acceptors (Lipinski definition) is 2. The minimum atomic E-state index is 0.887. The maximum atomic E-state index is 4.66. The van der Waals surface area contributed by atoms with Crippen LogP contribution in [0.5, 0.6) is 0 Å². The minimum absolute atomic E-state index is 0.887. The number of nitrogens with zero attached hydrogens (tertiary/aromatic N) is 3. The molecule has 0 spiro atoms. The molecule has 0 unspecified atom stereocenters. The molecule has 5 aromatic rings. The molecule has 0 saturated heterocycles. The van der Waals surface area contributed by atoms with E-state index in [1.54, 1.807) is 6.33 Å². The highest BCUT2D eigenvalue weighted by atomic mass is 15.0. The van der Waals surface area contributed by atoms with Gasteiger partial charge < -0.3 is 4.57 Å². The van der Waals surface area contributed by atoms with Crippen LogP contribution in [0.4, 0.5) is 0 Å². The highest BCUT2D eigenvalue weighted by molar-refractivity contribution is 6.10. The van der Waals surface area contributed by atoms with E-state index in [2.05, 4.69) is 88.2 Å². The third-order valence-corrected chi connectivity index (χ3v) is 4.88. The van der Waals surface area contributed by atoms with Crippen molar-refractivity contribution in [1.82, 2.24) is 14.5 Å². The summed E-state index contributed by atoms with van der Waals surface area (Å²) in [6.07, 6.45) is 1.68. The zero-order chi connectivity index (χ0) is 16.8. The zero-order valence-corrected chi connectivity index (χ0v) is 14.0. The first-order valence-corrected chi connectivity index (χ1v) is 8.58.